The summed E-state index contributed by atoms with van der Waals surface area (Å²) < 4.78 is 16.5. The number of hydrogen-bond donors (Lipinski definition) is 1. The summed E-state index contributed by atoms with van der Waals surface area (Å²) in [5, 5.41) is 11.5. The molecule has 1 atom stereocenters. The van der Waals surface area contributed by atoms with Crippen molar-refractivity contribution in [2.24, 2.45) is 0 Å². The van der Waals surface area contributed by atoms with Crippen molar-refractivity contribution in [3.8, 4) is 0 Å². The van der Waals surface area contributed by atoms with Crippen LogP contribution in [0.3, 0.4) is 0 Å². The maximum atomic E-state index is 14.3. The highest BCUT2D eigenvalue weighted by Gasteiger charge is 2.35. The Balaban J connectivity index is 1.74. The third-order valence-corrected chi connectivity index (χ3v) is 6.82. The normalized spacial score (nSPS) is 26.0. The third kappa shape index (κ3) is 3.39. The first-order chi connectivity index (χ1) is 12.6. The number of rotatable bonds is 3. The largest absolute Gasteiger partial charge is 0.389 e. The molecule has 1 aromatic heterocycles. The quantitative estimate of drug-likeness (QED) is 0.863. The smallest absolute Gasteiger partial charge is 0.143 e. The molecule has 27 heavy (non-hydrogen) atoms. The van der Waals surface area contributed by atoms with Gasteiger partial charge in [-0.25, -0.2) is 4.39 Å². The fourth-order valence-corrected chi connectivity index (χ4v) is 4.73. The second-order valence-electron chi connectivity index (χ2n) is 9.23. The second-order valence-corrected chi connectivity index (χ2v) is 9.64. The molecule has 2 aromatic rings. The van der Waals surface area contributed by atoms with E-state index in [4.69, 9.17) is 11.6 Å². The fraction of sp³-hybridized carbons (Fsp3) is 0.619. The Labute approximate surface area is 165 Å². The summed E-state index contributed by atoms with van der Waals surface area (Å²) in [5.74, 6) is -0.364. The van der Waals surface area contributed by atoms with Gasteiger partial charge in [-0.15, -0.1) is 0 Å². The van der Waals surface area contributed by atoms with Crippen molar-refractivity contribution in [1.29, 1.82) is 0 Å². The number of nitrogens with zero attached hydrogens (tertiary/aromatic N) is 3. The molecule has 1 N–H and O–H groups in total. The Morgan fingerprint density at radius 1 is 1.22 bits per heavy atom. The van der Waals surface area contributed by atoms with E-state index in [1.807, 2.05) is 6.92 Å². The number of aliphatic hydroxyl groups is 1. The first kappa shape index (κ1) is 19.2. The summed E-state index contributed by atoms with van der Waals surface area (Å²) in [4.78, 5) is 4.65. The van der Waals surface area contributed by atoms with Gasteiger partial charge in [0.05, 0.1) is 16.1 Å². The number of halogens is 2. The molecular weight excluding hydrogens is 365 g/mol. The van der Waals surface area contributed by atoms with Crippen LogP contribution in [-0.4, -0.2) is 57.3 Å². The zero-order valence-electron chi connectivity index (χ0n) is 16.6. The molecule has 2 aliphatic heterocycles. The highest BCUT2D eigenvalue weighted by Crippen LogP contribution is 2.38. The molecule has 6 heteroatoms. The van der Waals surface area contributed by atoms with Gasteiger partial charge in [-0.3, -0.25) is 9.80 Å². The average molecular weight is 394 g/mol. The maximum absolute atomic E-state index is 14.3. The van der Waals surface area contributed by atoms with E-state index < -0.39 is 5.60 Å². The van der Waals surface area contributed by atoms with Gasteiger partial charge in [0.15, 0.2) is 0 Å². The van der Waals surface area contributed by atoms with E-state index in [0.717, 1.165) is 49.9 Å². The number of β-amino-alcohol motifs (C(OH)–C–C–N with tert-alkyl or cyclic N) is 1. The maximum Gasteiger partial charge on any atom is 0.143 e. The van der Waals surface area contributed by atoms with Gasteiger partial charge in [0.1, 0.15) is 5.82 Å². The summed E-state index contributed by atoms with van der Waals surface area (Å²) in [5.41, 5.74) is 2.95. The van der Waals surface area contributed by atoms with Gasteiger partial charge in [0.2, 0.25) is 0 Å². The molecule has 0 amide bonds. The number of benzene rings is 1. The summed E-state index contributed by atoms with van der Waals surface area (Å²) in [6.45, 7) is 10.5. The average Bonchev–Trinajstić information content (AvgIpc) is 3.04. The van der Waals surface area contributed by atoms with Gasteiger partial charge in [-0.05, 0) is 51.9 Å². The summed E-state index contributed by atoms with van der Waals surface area (Å²) in [6, 6.07) is 3.37. The van der Waals surface area contributed by atoms with Crippen LogP contribution in [0.5, 0.6) is 0 Å². The van der Waals surface area contributed by atoms with Crippen molar-refractivity contribution in [3.63, 3.8) is 0 Å². The molecule has 0 spiro atoms. The molecule has 0 radical (unpaired) electrons. The molecule has 0 bridgehead atoms. The number of hydrogen-bond acceptors (Lipinski definition) is 3. The first-order valence-electron chi connectivity index (χ1n) is 9.72. The van der Waals surface area contributed by atoms with E-state index in [1.165, 1.54) is 11.3 Å². The zero-order valence-corrected chi connectivity index (χ0v) is 17.4. The van der Waals surface area contributed by atoms with Crippen LogP contribution in [0, 0.1) is 5.82 Å². The lowest BCUT2D eigenvalue weighted by Crippen LogP contribution is -2.46. The first-order valence-corrected chi connectivity index (χ1v) is 10.1. The van der Waals surface area contributed by atoms with Crippen LogP contribution >= 0.6 is 11.6 Å². The van der Waals surface area contributed by atoms with E-state index >= 15 is 0 Å². The van der Waals surface area contributed by atoms with Crippen molar-refractivity contribution in [2.45, 2.75) is 57.8 Å². The van der Waals surface area contributed by atoms with E-state index in [-0.39, 0.29) is 16.4 Å². The highest BCUT2D eigenvalue weighted by atomic mass is 35.5. The lowest BCUT2D eigenvalue weighted by atomic mass is 9.89. The van der Waals surface area contributed by atoms with Gasteiger partial charge < -0.3 is 9.67 Å². The predicted octanol–water partition coefficient (Wildman–Crippen LogP) is 3.66. The SMILES string of the molecule is CN1Cc2c(n(CCN3CCC(C)(O)C3)c3cc(F)c(Cl)cc23)CC1(C)C. The molecule has 0 aliphatic carbocycles. The van der Waals surface area contributed by atoms with Crippen molar-refractivity contribution in [1.82, 2.24) is 14.4 Å². The van der Waals surface area contributed by atoms with Crippen LogP contribution in [0.25, 0.3) is 10.9 Å². The molecule has 1 saturated heterocycles. The lowest BCUT2D eigenvalue weighted by molar-refractivity contribution is 0.0683. The zero-order chi connectivity index (χ0) is 19.6. The number of likely N-dealkylation sites (N-methyl/N-ethyl adjacent to an activating group) is 1. The van der Waals surface area contributed by atoms with Crippen molar-refractivity contribution in [3.05, 3.63) is 34.2 Å². The lowest BCUT2D eigenvalue weighted by Gasteiger charge is -2.40. The topological polar surface area (TPSA) is 31.6 Å². The van der Waals surface area contributed by atoms with Crippen LogP contribution < -0.4 is 0 Å². The van der Waals surface area contributed by atoms with Crippen LogP contribution in [0.15, 0.2) is 12.1 Å². The van der Waals surface area contributed by atoms with Gasteiger partial charge in [0.25, 0.3) is 0 Å². The number of likely N-dealkylation sites (tertiary alicyclic amines) is 1. The molecule has 1 unspecified atom stereocenters. The van der Waals surface area contributed by atoms with E-state index in [9.17, 15) is 9.50 Å². The minimum atomic E-state index is -0.595. The molecule has 2 aliphatic rings. The monoisotopic (exact) mass is 393 g/mol. The Morgan fingerprint density at radius 3 is 2.63 bits per heavy atom. The van der Waals surface area contributed by atoms with Crippen LogP contribution in [0.1, 0.15) is 38.4 Å². The third-order valence-electron chi connectivity index (χ3n) is 6.53. The fourth-order valence-electron chi connectivity index (χ4n) is 4.57. The predicted molar refractivity (Wildman–Crippen MR) is 108 cm³/mol. The minimum Gasteiger partial charge on any atom is -0.389 e. The van der Waals surface area contributed by atoms with Crippen molar-refractivity contribution in [2.75, 3.05) is 26.7 Å². The molecule has 148 valence electrons. The van der Waals surface area contributed by atoms with Gasteiger partial charge in [-0.1, -0.05) is 11.6 Å². The van der Waals surface area contributed by atoms with Crippen LogP contribution in [-0.2, 0) is 19.5 Å². The van der Waals surface area contributed by atoms with Crippen LogP contribution in [0.4, 0.5) is 4.39 Å². The van der Waals surface area contributed by atoms with Gasteiger partial charge in [-0.2, -0.15) is 0 Å². The molecule has 4 rings (SSSR count). The standard InChI is InChI=1S/C21H29ClFN3O/c1-20(2)11-19-15(12-24(20)4)14-9-16(22)17(23)10-18(14)26(19)8-7-25-6-5-21(3,27)13-25/h9-10,27H,5-8,11-13H2,1-4H3. The molecular formula is C21H29ClFN3O. The summed E-state index contributed by atoms with van der Waals surface area (Å²) >= 11 is 6.11. The van der Waals surface area contributed by atoms with E-state index in [0.29, 0.717) is 6.54 Å². The summed E-state index contributed by atoms with van der Waals surface area (Å²) in [7, 11) is 2.14. The Kier molecular flexibility index (Phi) is 4.58. The second kappa shape index (κ2) is 6.45. The molecule has 4 nitrogen and oxygen atoms in total. The van der Waals surface area contributed by atoms with Crippen LogP contribution in [0.2, 0.25) is 5.02 Å². The Bertz CT molecular complexity index is 889. The van der Waals surface area contributed by atoms with E-state index in [2.05, 4.69) is 35.3 Å². The van der Waals surface area contributed by atoms with Crippen molar-refractivity contribution >= 4 is 22.5 Å². The molecule has 3 heterocycles. The minimum absolute atomic E-state index is 0.0543. The molecule has 0 saturated carbocycles. The van der Waals surface area contributed by atoms with Gasteiger partial charge in [0, 0.05) is 55.8 Å². The Hall–Kier alpha value is -1.14. The van der Waals surface area contributed by atoms with E-state index in [1.54, 1.807) is 12.1 Å². The highest BCUT2D eigenvalue weighted by molar-refractivity contribution is 6.31. The molecule has 1 aromatic carbocycles. The summed E-state index contributed by atoms with van der Waals surface area (Å²) in [6.07, 6.45) is 1.73. The number of aromatic nitrogens is 1. The number of fused-ring (bicyclic) bond motifs is 3. The molecule has 1 fully saturated rings. The van der Waals surface area contributed by atoms with Gasteiger partial charge >= 0.3 is 0 Å². The Morgan fingerprint density at radius 2 is 1.96 bits per heavy atom. The van der Waals surface area contributed by atoms with Crippen molar-refractivity contribution < 1.29 is 9.50 Å².